The van der Waals surface area contributed by atoms with E-state index in [1.807, 2.05) is 71.6 Å². The van der Waals surface area contributed by atoms with Gasteiger partial charge >= 0.3 is 0 Å². The maximum Gasteiger partial charge on any atom is 0.255 e. The van der Waals surface area contributed by atoms with Gasteiger partial charge in [0.2, 0.25) is 0 Å². The molecule has 5 aromatic rings. The Morgan fingerprint density at radius 2 is 1.57 bits per heavy atom. The summed E-state index contributed by atoms with van der Waals surface area (Å²) in [6, 6.07) is 32.1. The van der Waals surface area contributed by atoms with Gasteiger partial charge in [-0.15, -0.1) is 0 Å². The number of aromatic nitrogens is 1. The predicted molar refractivity (Wildman–Crippen MR) is 146 cm³/mol. The molecule has 5 heteroatoms. The van der Waals surface area contributed by atoms with E-state index in [1.165, 1.54) is 5.56 Å². The number of methoxy groups -OCH3 is 2. The number of ether oxygens (including phenoxy) is 2. The van der Waals surface area contributed by atoms with E-state index in [2.05, 4.69) is 35.3 Å². The minimum atomic E-state index is -0.241. The molecule has 1 atom stereocenters. The number of carbonyl (C=O) groups is 1. The molecule has 5 nitrogen and oxygen atoms in total. The van der Waals surface area contributed by atoms with Crippen molar-refractivity contribution in [2.75, 3.05) is 20.8 Å². The standard InChI is InChI=1S/C32H28N2O3/c1-36-22-16-17-28(37-2)26(20-22)30-29(25-14-8-9-15-27(25)33-30)31-23-12-6-7-13-24(23)32(35)34(31)19-18-21-10-4-3-5-11-21/h3-17,20,31,33H,18-19H2,1-2H3/t31-/m0/s1. The molecule has 1 aliphatic rings. The lowest BCUT2D eigenvalue weighted by molar-refractivity contribution is 0.0753. The lowest BCUT2D eigenvalue weighted by Crippen LogP contribution is -2.31. The molecule has 184 valence electrons. The molecule has 0 radical (unpaired) electrons. The predicted octanol–water partition coefficient (Wildman–Crippen LogP) is 6.64. The molecule has 0 bridgehead atoms. The Morgan fingerprint density at radius 1 is 0.811 bits per heavy atom. The Morgan fingerprint density at radius 3 is 2.38 bits per heavy atom. The number of hydrogen-bond donors (Lipinski definition) is 1. The maximum atomic E-state index is 13.8. The van der Waals surface area contributed by atoms with Gasteiger partial charge < -0.3 is 19.4 Å². The molecular weight excluding hydrogens is 460 g/mol. The first kappa shape index (κ1) is 22.9. The second-order valence-electron chi connectivity index (χ2n) is 9.25. The van der Waals surface area contributed by atoms with Crippen molar-refractivity contribution in [3.8, 4) is 22.8 Å². The third kappa shape index (κ3) is 3.93. The second-order valence-corrected chi connectivity index (χ2v) is 9.25. The van der Waals surface area contributed by atoms with E-state index >= 15 is 0 Å². The minimum absolute atomic E-state index is 0.0605. The molecular formula is C32H28N2O3. The van der Waals surface area contributed by atoms with Gasteiger partial charge in [0.1, 0.15) is 11.5 Å². The highest BCUT2D eigenvalue weighted by molar-refractivity contribution is 6.02. The Balaban J connectivity index is 1.57. The van der Waals surface area contributed by atoms with Crippen LogP contribution in [0.5, 0.6) is 11.5 Å². The highest BCUT2D eigenvalue weighted by Crippen LogP contribution is 2.47. The van der Waals surface area contributed by atoms with Gasteiger partial charge in [0, 0.05) is 34.1 Å². The largest absolute Gasteiger partial charge is 0.497 e. The van der Waals surface area contributed by atoms with Crippen LogP contribution in [0.25, 0.3) is 22.2 Å². The Kier molecular flexibility index (Phi) is 5.89. The van der Waals surface area contributed by atoms with Crippen molar-refractivity contribution in [2.45, 2.75) is 12.5 Å². The van der Waals surface area contributed by atoms with Crippen molar-refractivity contribution in [1.29, 1.82) is 0 Å². The molecule has 0 aliphatic carbocycles. The van der Waals surface area contributed by atoms with Gasteiger partial charge in [-0.05, 0) is 47.9 Å². The van der Waals surface area contributed by atoms with Gasteiger partial charge in [0.25, 0.3) is 5.91 Å². The summed E-state index contributed by atoms with van der Waals surface area (Å²) in [7, 11) is 3.34. The number of H-pyrrole nitrogens is 1. The van der Waals surface area contributed by atoms with E-state index < -0.39 is 0 Å². The first-order valence-corrected chi connectivity index (χ1v) is 12.5. The normalized spacial score (nSPS) is 14.7. The van der Waals surface area contributed by atoms with Crippen molar-refractivity contribution >= 4 is 16.8 Å². The molecule has 1 N–H and O–H groups in total. The average Bonchev–Trinajstić information content (AvgIpc) is 3.46. The van der Waals surface area contributed by atoms with Gasteiger partial charge in [0.15, 0.2) is 0 Å². The van der Waals surface area contributed by atoms with Crippen LogP contribution >= 0.6 is 0 Å². The number of para-hydroxylation sites is 1. The van der Waals surface area contributed by atoms with Crippen molar-refractivity contribution in [1.82, 2.24) is 9.88 Å². The van der Waals surface area contributed by atoms with Gasteiger partial charge in [-0.3, -0.25) is 4.79 Å². The van der Waals surface area contributed by atoms with E-state index in [0.717, 1.165) is 56.8 Å². The summed E-state index contributed by atoms with van der Waals surface area (Å²) in [5, 5.41) is 1.08. The molecule has 0 fully saturated rings. The molecule has 6 rings (SSSR count). The summed E-state index contributed by atoms with van der Waals surface area (Å²) in [4.78, 5) is 19.5. The molecule has 1 amide bonds. The molecule has 0 unspecified atom stereocenters. The van der Waals surface area contributed by atoms with Crippen molar-refractivity contribution < 1.29 is 14.3 Å². The van der Waals surface area contributed by atoms with Crippen molar-refractivity contribution in [3.63, 3.8) is 0 Å². The number of amides is 1. The summed E-state index contributed by atoms with van der Waals surface area (Å²) in [6.07, 6.45) is 0.775. The van der Waals surface area contributed by atoms with E-state index in [0.29, 0.717) is 6.54 Å². The van der Waals surface area contributed by atoms with Crippen LogP contribution in [0.2, 0.25) is 0 Å². The Hall–Kier alpha value is -4.51. The summed E-state index contributed by atoms with van der Waals surface area (Å²) in [5.74, 6) is 1.54. The minimum Gasteiger partial charge on any atom is -0.497 e. The van der Waals surface area contributed by atoms with Crippen LogP contribution in [-0.4, -0.2) is 36.6 Å². The van der Waals surface area contributed by atoms with Crippen molar-refractivity contribution in [2.24, 2.45) is 0 Å². The number of fused-ring (bicyclic) bond motifs is 2. The number of nitrogens with zero attached hydrogens (tertiary/aromatic N) is 1. The average molecular weight is 489 g/mol. The molecule has 2 heterocycles. The molecule has 0 spiro atoms. The number of hydrogen-bond acceptors (Lipinski definition) is 3. The first-order valence-electron chi connectivity index (χ1n) is 12.5. The van der Waals surface area contributed by atoms with Crippen LogP contribution in [0, 0.1) is 0 Å². The SMILES string of the molecule is COc1ccc(OC)c(-c2[nH]c3ccccc3c2[C@@H]2c3ccccc3C(=O)N2CCc2ccccc2)c1. The molecule has 0 saturated heterocycles. The topological polar surface area (TPSA) is 54.6 Å². The van der Waals surface area contributed by atoms with Crippen LogP contribution in [0.1, 0.15) is 33.1 Å². The molecule has 1 aliphatic heterocycles. The molecule has 1 aromatic heterocycles. The fraction of sp³-hybridized carbons (Fsp3) is 0.156. The van der Waals surface area contributed by atoms with E-state index in [9.17, 15) is 4.79 Å². The van der Waals surface area contributed by atoms with Gasteiger partial charge in [-0.25, -0.2) is 0 Å². The summed E-state index contributed by atoms with van der Waals surface area (Å²) in [6.45, 7) is 0.608. The fourth-order valence-corrected chi connectivity index (χ4v) is 5.48. The second kappa shape index (κ2) is 9.51. The van der Waals surface area contributed by atoms with Crippen molar-refractivity contribution in [3.05, 3.63) is 119 Å². The van der Waals surface area contributed by atoms with E-state index in [1.54, 1.807) is 14.2 Å². The summed E-state index contributed by atoms with van der Waals surface area (Å²) >= 11 is 0. The van der Waals surface area contributed by atoms with Crippen LogP contribution in [-0.2, 0) is 6.42 Å². The van der Waals surface area contributed by atoms with Crippen LogP contribution in [0.15, 0.2) is 97.1 Å². The highest BCUT2D eigenvalue weighted by Gasteiger charge is 2.40. The first-order chi connectivity index (χ1) is 18.2. The number of aromatic amines is 1. The zero-order valence-corrected chi connectivity index (χ0v) is 20.9. The lowest BCUT2D eigenvalue weighted by Gasteiger charge is -2.27. The van der Waals surface area contributed by atoms with Gasteiger partial charge in [-0.1, -0.05) is 66.7 Å². The summed E-state index contributed by atoms with van der Waals surface area (Å²) in [5.41, 5.74) is 6.89. The van der Waals surface area contributed by atoms with Crippen LogP contribution in [0.3, 0.4) is 0 Å². The number of nitrogens with one attached hydrogen (secondary N) is 1. The fourth-order valence-electron chi connectivity index (χ4n) is 5.48. The maximum absolute atomic E-state index is 13.8. The van der Waals surface area contributed by atoms with Crippen LogP contribution < -0.4 is 9.47 Å². The third-order valence-corrected chi connectivity index (χ3v) is 7.24. The number of benzene rings is 4. The lowest BCUT2D eigenvalue weighted by atomic mass is 9.92. The Bertz CT molecular complexity index is 1590. The zero-order chi connectivity index (χ0) is 25.4. The van der Waals surface area contributed by atoms with E-state index in [-0.39, 0.29) is 11.9 Å². The number of rotatable bonds is 7. The molecule has 37 heavy (non-hydrogen) atoms. The van der Waals surface area contributed by atoms with Gasteiger partial charge in [0.05, 0.1) is 26.0 Å². The smallest absolute Gasteiger partial charge is 0.255 e. The van der Waals surface area contributed by atoms with Crippen LogP contribution in [0.4, 0.5) is 0 Å². The van der Waals surface area contributed by atoms with Gasteiger partial charge in [-0.2, -0.15) is 0 Å². The zero-order valence-electron chi connectivity index (χ0n) is 20.9. The quantitative estimate of drug-likeness (QED) is 0.279. The van der Waals surface area contributed by atoms with E-state index in [4.69, 9.17) is 9.47 Å². The highest BCUT2D eigenvalue weighted by atomic mass is 16.5. The monoisotopic (exact) mass is 488 g/mol. The Labute approximate surface area is 216 Å². The third-order valence-electron chi connectivity index (χ3n) is 7.24. The molecule has 0 saturated carbocycles. The molecule has 4 aromatic carbocycles. The number of carbonyl (C=O) groups excluding carboxylic acids is 1. The summed E-state index contributed by atoms with van der Waals surface area (Å²) < 4.78 is 11.3.